The Bertz CT molecular complexity index is 956. The van der Waals surface area contributed by atoms with Crippen molar-refractivity contribution < 1.29 is 12.8 Å². The zero-order valence-electron chi connectivity index (χ0n) is 14.8. The summed E-state index contributed by atoms with van der Waals surface area (Å²) < 4.78 is 33.4. The summed E-state index contributed by atoms with van der Waals surface area (Å²) in [5, 5.41) is 0.784. The second-order valence-corrected chi connectivity index (χ2v) is 8.43. The highest BCUT2D eigenvalue weighted by Gasteiger charge is 2.26. The molecule has 5 heteroatoms. The number of hydrogen-bond acceptors (Lipinski definition) is 3. The van der Waals surface area contributed by atoms with Crippen LogP contribution in [-0.4, -0.2) is 15.0 Å². The molecule has 0 aliphatic heterocycles. The second kappa shape index (κ2) is 6.92. The van der Waals surface area contributed by atoms with Crippen molar-refractivity contribution in [3.05, 3.63) is 60.4 Å². The van der Waals surface area contributed by atoms with E-state index in [1.165, 1.54) is 9.87 Å². The van der Waals surface area contributed by atoms with Crippen LogP contribution in [0.4, 0.5) is 5.69 Å². The smallest absolute Gasteiger partial charge is 0.264 e. The fourth-order valence-electron chi connectivity index (χ4n) is 2.80. The number of hydrogen-bond donors (Lipinski definition) is 0. The second-order valence-electron chi connectivity index (χ2n) is 6.57. The van der Waals surface area contributed by atoms with Crippen LogP contribution >= 0.6 is 0 Å². The van der Waals surface area contributed by atoms with Gasteiger partial charge in [-0.15, -0.1) is 0 Å². The SMILES string of the molecule is CCc1ccc(N(CC(C)C)S(=O)(=O)c2ccc3occc3c2)cc1. The van der Waals surface area contributed by atoms with Crippen LogP contribution in [0.15, 0.2) is 64.1 Å². The fraction of sp³-hybridized carbons (Fsp3) is 0.300. The Morgan fingerprint density at radius 3 is 2.40 bits per heavy atom. The molecule has 3 rings (SSSR count). The molecule has 0 radical (unpaired) electrons. The molecule has 0 N–H and O–H groups in total. The lowest BCUT2D eigenvalue weighted by atomic mass is 10.1. The summed E-state index contributed by atoms with van der Waals surface area (Å²) >= 11 is 0. The summed E-state index contributed by atoms with van der Waals surface area (Å²) in [6.45, 7) is 6.54. The van der Waals surface area contributed by atoms with Crippen LogP contribution in [0.2, 0.25) is 0 Å². The molecule has 0 saturated heterocycles. The zero-order chi connectivity index (χ0) is 18.0. The first kappa shape index (κ1) is 17.5. The third kappa shape index (κ3) is 3.56. The van der Waals surface area contributed by atoms with Crippen molar-refractivity contribution in [3.63, 3.8) is 0 Å². The molecular formula is C20H23NO3S. The molecule has 1 heterocycles. The molecule has 0 bridgehead atoms. The highest BCUT2D eigenvalue weighted by molar-refractivity contribution is 7.92. The summed E-state index contributed by atoms with van der Waals surface area (Å²) in [7, 11) is -3.65. The van der Waals surface area contributed by atoms with Gasteiger partial charge in [0.05, 0.1) is 16.8 Å². The highest BCUT2D eigenvalue weighted by atomic mass is 32.2. The van der Waals surface area contributed by atoms with E-state index in [0.29, 0.717) is 17.8 Å². The molecule has 0 aliphatic rings. The number of nitrogens with zero attached hydrogens (tertiary/aromatic N) is 1. The summed E-state index contributed by atoms with van der Waals surface area (Å²) in [6, 6.07) is 14.5. The van der Waals surface area contributed by atoms with Gasteiger partial charge in [0.1, 0.15) is 5.58 Å². The first-order chi connectivity index (χ1) is 11.9. The largest absolute Gasteiger partial charge is 0.464 e. The maximum absolute atomic E-state index is 13.3. The molecule has 0 fully saturated rings. The Labute approximate surface area is 149 Å². The van der Waals surface area contributed by atoms with Crippen molar-refractivity contribution in [3.8, 4) is 0 Å². The van der Waals surface area contributed by atoms with Crippen LogP contribution in [0.1, 0.15) is 26.3 Å². The molecule has 0 spiro atoms. The third-order valence-electron chi connectivity index (χ3n) is 4.18. The molecular weight excluding hydrogens is 334 g/mol. The van der Waals surface area contributed by atoms with Crippen LogP contribution in [-0.2, 0) is 16.4 Å². The number of furan rings is 1. The number of fused-ring (bicyclic) bond motifs is 1. The van der Waals surface area contributed by atoms with Gasteiger partial charge in [0.2, 0.25) is 0 Å². The van der Waals surface area contributed by atoms with E-state index in [1.54, 1.807) is 30.5 Å². The lowest BCUT2D eigenvalue weighted by molar-refractivity contribution is 0.578. The lowest BCUT2D eigenvalue weighted by Crippen LogP contribution is -2.34. The standard InChI is InChI=1S/C20H23NO3S/c1-4-16-5-7-18(8-6-16)21(14-15(2)3)25(22,23)19-9-10-20-17(13-19)11-12-24-20/h5-13,15H,4,14H2,1-3H3. The van der Waals surface area contributed by atoms with Gasteiger partial charge in [-0.3, -0.25) is 4.31 Å². The third-order valence-corrected chi connectivity index (χ3v) is 5.97. The molecule has 0 atom stereocenters. The Hall–Kier alpha value is -2.27. The molecule has 0 unspecified atom stereocenters. The van der Waals surface area contributed by atoms with Gasteiger partial charge in [0, 0.05) is 11.9 Å². The molecule has 4 nitrogen and oxygen atoms in total. The van der Waals surface area contributed by atoms with Crippen molar-refractivity contribution >= 4 is 26.7 Å². The van der Waals surface area contributed by atoms with E-state index in [-0.39, 0.29) is 10.8 Å². The van der Waals surface area contributed by atoms with Crippen molar-refractivity contribution in [2.75, 3.05) is 10.8 Å². The Kier molecular flexibility index (Phi) is 4.86. The van der Waals surface area contributed by atoms with Crippen molar-refractivity contribution in [2.45, 2.75) is 32.1 Å². The summed E-state index contributed by atoms with van der Waals surface area (Å²) in [4.78, 5) is 0.279. The summed E-state index contributed by atoms with van der Waals surface area (Å²) in [6.07, 6.45) is 2.49. The van der Waals surface area contributed by atoms with E-state index in [1.807, 2.05) is 38.1 Å². The molecule has 0 amide bonds. The van der Waals surface area contributed by atoms with E-state index in [9.17, 15) is 8.42 Å². The van der Waals surface area contributed by atoms with E-state index in [4.69, 9.17) is 4.42 Å². The lowest BCUT2D eigenvalue weighted by Gasteiger charge is -2.26. The monoisotopic (exact) mass is 357 g/mol. The van der Waals surface area contributed by atoms with E-state index >= 15 is 0 Å². The maximum Gasteiger partial charge on any atom is 0.264 e. The van der Waals surface area contributed by atoms with Gasteiger partial charge in [-0.2, -0.15) is 0 Å². The Balaban J connectivity index is 2.06. The molecule has 3 aromatic rings. The molecule has 0 aliphatic carbocycles. The van der Waals surface area contributed by atoms with Gasteiger partial charge in [-0.1, -0.05) is 32.9 Å². The topological polar surface area (TPSA) is 50.5 Å². The van der Waals surface area contributed by atoms with Gasteiger partial charge in [0.25, 0.3) is 10.0 Å². The minimum Gasteiger partial charge on any atom is -0.464 e. The number of sulfonamides is 1. The fourth-order valence-corrected chi connectivity index (χ4v) is 4.47. The van der Waals surface area contributed by atoms with Gasteiger partial charge in [-0.25, -0.2) is 8.42 Å². The Morgan fingerprint density at radius 1 is 1.04 bits per heavy atom. The van der Waals surface area contributed by atoms with Crippen molar-refractivity contribution in [2.24, 2.45) is 5.92 Å². The van der Waals surface area contributed by atoms with Crippen LogP contribution in [0.5, 0.6) is 0 Å². The number of aryl methyl sites for hydroxylation is 1. The average Bonchev–Trinajstić information content (AvgIpc) is 3.07. The van der Waals surface area contributed by atoms with Crippen LogP contribution in [0.25, 0.3) is 11.0 Å². The number of rotatable bonds is 6. The van der Waals surface area contributed by atoms with Crippen molar-refractivity contribution in [1.82, 2.24) is 0 Å². The summed E-state index contributed by atoms with van der Waals surface area (Å²) in [5.41, 5.74) is 2.56. The van der Waals surface area contributed by atoms with E-state index in [2.05, 4.69) is 6.92 Å². The normalized spacial score (nSPS) is 12.0. The van der Waals surface area contributed by atoms with E-state index < -0.39 is 10.0 Å². The molecule has 132 valence electrons. The van der Waals surface area contributed by atoms with Gasteiger partial charge in [-0.05, 0) is 54.3 Å². The van der Waals surface area contributed by atoms with E-state index in [0.717, 1.165) is 11.8 Å². The zero-order valence-corrected chi connectivity index (χ0v) is 15.6. The van der Waals surface area contributed by atoms with Gasteiger partial charge in [0.15, 0.2) is 0 Å². The van der Waals surface area contributed by atoms with Crippen LogP contribution in [0.3, 0.4) is 0 Å². The molecule has 2 aromatic carbocycles. The quantitative estimate of drug-likeness (QED) is 0.634. The minimum absolute atomic E-state index is 0.207. The Morgan fingerprint density at radius 2 is 1.76 bits per heavy atom. The predicted octanol–water partition coefficient (Wildman–Crippen LogP) is 4.85. The molecule has 25 heavy (non-hydrogen) atoms. The molecule has 1 aromatic heterocycles. The maximum atomic E-state index is 13.3. The predicted molar refractivity (Wildman–Crippen MR) is 101 cm³/mol. The van der Waals surface area contributed by atoms with Crippen LogP contribution in [0, 0.1) is 5.92 Å². The summed E-state index contributed by atoms with van der Waals surface area (Å²) in [5.74, 6) is 0.207. The first-order valence-electron chi connectivity index (χ1n) is 8.50. The van der Waals surface area contributed by atoms with Gasteiger partial charge < -0.3 is 4.42 Å². The molecule has 0 saturated carbocycles. The first-order valence-corrected chi connectivity index (χ1v) is 9.94. The van der Waals surface area contributed by atoms with Gasteiger partial charge >= 0.3 is 0 Å². The van der Waals surface area contributed by atoms with Crippen LogP contribution < -0.4 is 4.31 Å². The van der Waals surface area contributed by atoms with Crippen molar-refractivity contribution in [1.29, 1.82) is 0 Å². The average molecular weight is 357 g/mol. The minimum atomic E-state index is -3.65. The highest BCUT2D eigenvalue weighted by Crippen LogP contribution is 2.28. The number of anilines is 1. The number of benzene rings is 2.